The van der Waals surface area contributed by atoms with Gasteiger partial charge in [0.2, 0.25) is 5.91 Å². The fourth-order valence-electron chi connectivity index (χ4n) is 3.94. The molecule has 2 aliphatic heterocycles. The van der Waals surface area contributed by atoms with Crippen LogP contribution in [-0.4, -0.2) is 71.6 Å². The highest BCUT2D eigenvalue weighted by molar-refractivity contribution is 5.94. The third kappa shape index (κ3) is 4.19. The normalized spacial score (nSPS) is 25.1. The number of nitrogens with zero attached hydrogens (tertiary/aromatic N) is 2. The number of piperidine rings is 1. The van der Waals surface area contributed by atoms with E-state index in [4.69, 9.17) is 0 Å². The van der Waals surface area contributed by atoms with Crippen LogP contribution in [-0.2, 0) is 4.79 Å². The van der Waals surface area contributed by atoms with Gasteiger partial charge in [0.05, 0.1) is 0 Å². The molecule has 6 nitrogen and oxygen atoms in total. The smallest absolute Gasteiger partial charge is 0.251 e. The molecule has 0 aromatic heterocycles. The Morgan fingerprint density at radius 3 is 2.44 bits per heavy atom. The molecule has 6 heteroatoms. The fourth-order valence-corrected chi connectivity index (χ4v) is 3.94. The Morgan fingerprint density at radius 2 is 1.84 bits per heavy atom. The van der Waals surface area contributed by atoms with Gasteiger partial charge in [-0.15, -0.1) is 0 Å². The minimum Gasteiger partial charge on any atom is -0.396 e. The summed E-state index contributed by atoms with van der Waals surface area (Å²) in [5.74, 6) is 0.108. The zero-order chi connectivity index (χ0) is 17.8. The molecule has 25 heavy (non-hydrogen) atoms. The van der Waals surface area contributed by atoms with E-state index in [9.17, 15) is 14.7 Å². The maximum absolute atomic E-state index is 12.4. The topological polar surface area (TPSA) is 72.9 Å². The molecule has 2 amide bonds. The van der Waals surface area contributed by atoms with E-state index in [1.165, 1.54) is 0 Å². The zero-order valence-electron chi connectivity index (χ0n) is 14.7. The zero-order valence-corrected chi connectivity index (χ0v) is 14.7. The Kier molecular flexibility index (Phi) is 5.71. The van der Waals surface area contributed by atoms with Crippen molar-refractivity contribution in [3.63, 3.8) is 0 Å². The largest absolute Gasteiger partial charge is 0.396 e. The highest BCUT2D eigenvalue weighted by Gasteiger charge is 2.37. The van der Waals surface area contributed by atoms with Crippen LogP contribution >= 0.6 is 0 Å². The average Bonchev–Trinajstić information content (AvgIpc) is 3.05. The molecule has 0 spiro atoms. The van der Waals surface area contributed by atoms with Gasteiger partial charge in [-0.2, -0.15) is 0 Å². The van der Waals surface area contributed by atoms with E-state index in [1.807, 2.05) is 23.1 Å². The molecule has 1 aromatic carbocycles. The Balaban J connectivity index is 1.57. The molecule has 2 fully saturated rings. The summed E-state index contributed by atoms with van der Waals surface area (Å²) < 4.78 is 0. The monoisotopic (exact) mass is 345 g/mol. The Hall–Kier alpha value is -1.92. The van der Waals surface area contributed by atoms with Crippen LogP contribution in [0.1, 0.15) is 30.1 Å². The van der Waals surface area contributed by atoms with Gasteiger partial charge in [0, 0.05) is 63.3 Å². The second-order valence-corrected chi connectivity index (χ2v) is 7.08. The van der Waals surface area contributed by atoms with Crippen LogP contribution in [0.5, 0.6) is 0 Å². The molecule has 2 N–H and O–H groups in total. The predicted octanol–water partition coefficient (Wildman–Crippen LogP) is 0.720. The van der Waals surface area contributed by atoms with Gasteiger partial charge in [-0.3, -0.25) is 14.5 Å². The van der Waals surface area contributed by atoms with Crippen molar-refractivity contribution < 1.29 is 14.7 Å². The molecule has 136 valence electrons. The van der Waals surface area contributed by atoms with Crippen molar-refractivity contribution in [1.82, 2.24) is 15.1 Å². The van der Waals surface area contributed by atoms with Gasteiger partial charge in [0.1, 0.15) is 0 Å². The molecular weight excluding hydrogens is 318 g/mol. The van der Waals surface area contributed by atoms with Gasteiger partial charge in [-0.1, -0.05) is 18.2 Å². The minimum absolute atomic E-state index is 0.0384. The van der Waals surface area contributed by atoms with E-state index in [0.717, 1.165) is 39.0 Å². The van der Waals surface area contributed by atoms with Crippen molar-refractivity contribution in [3.8, 4) is 0 Å². The second-order valence-electron chi connectivity index (χ2n) is 7.08. The summed E-state index contributed by atoms with van der Waals surface area (Å²) in [5.41, 5.74) is 0.646. The second kappa shape index (κ2) is 7.97. The van der Waals surface area contributed by atoms with Gasteiger partial charge in [0.15, 0.2) is 0 Å². The number of benzene rings is 1. The first kappa shape index (κ1) is 17.9. The third-order valence-electron chi connectivity index (χ3n) is 5.48. The van der Waals surface area contributed by atoms with Crippen LogP contribution in [0.4, 0.5) is 0 Å². The van der Waals surface area contributed by atoms with E-state index in [1.54, 1.807) is 19.1 Å². The lowest BCUT2D eigenvalue weighted by Crippen LogP contribution is -2.46. The lowest BCUT2D eigenvalue weighted by molar-refractivity contribution is -0.130. The van der Waals surface area contributed by atoms with Gasteiger partial charge in [-0.25, -0.2) is 0 Å². The molecule has 0 bridgehead atoms. The van der Waals surface area contributed by atoms with Crippen LogP contribution in [0.15, 0.2) is 30.3 Å². The summed E-state index contributed by atoms with van der Waals surface area (Å²) >= 11 is 0. The summed E-state index contributed by atoms with van der Waals surface area (Å²) in [6.45, 7) is 4.83. The molecule has 0 aliphatic carbocycles. The molecular formula is C19H27N3O3. The van der Waals surface area contributed by atoms with Crippen molar-refractivity contribution in [1.29, 1.82) is 0 Å². The van der Waals surface area contributed by atoms with E-state index in [2.05, 4.69) is 10.2 Å². The summed E-state index contributed by atoms with van der Waals surface area (Å²) in [7, 11) is 0. The number of nitrogens with one attached hydrogen (secondary N) is 1. The number of aliphatic hydroxyl groups is 1. The van der Waals surface area contributed by atoms with Crippen molar-refractivity contribution in [2.75, 3.05) is 32.8 Å². The van der Waals surface area contributed by atoms with Crippen LogP contribution in [0.3, 0.4) is 0 Å². The Bertz CT molecular complexity index is 599. The molecule has 3 rings (SSSR count). The Labute approximate surface area is 148 Å². The number of likely N-dealkylation sites (tertiary alicyclic amines) is 2. The van der Waals surface area contributed by atoms with Crippen molar-refractivity contribution >= 4 is 11.8 Å². The van der Waals surface area contributed by atoms with E-state index >= 15 is 0 Å². The first-order valence-corrected chi connectivity index (χ1v) is 9.05. The standard InChI is InChI=1S/C19H27N3O3/c1-14(24)21-9-7-17(8-10-21)22-11-16(13-23)18(12-22)20-19(25)15-5-3-2-4-6-15/h2-6,16-18,23H,7-13H2,1H3,(H,20,25)/t16-,18+/m0/s1. The number of carbonyl (C=O) groups excluding carboxylic acids is 2. The number of hydrogen-bond donors (Lipinski definition) is 2. The van der Waals surface area contributed by atoms with Crippen LogP contribution in [0, 0.1) is 5.92 Å². The van der Waals surface area contributed by atoms with E-state index in [0.29, 0.717) is 11.6 Å². The van der Waals surface area contributed by atoms with Crippen LogP contribution in [0.2, 0.25) is 0 Å². The van der Waals surface area contributed by atoms with Crippen molar-refractivity contribution in [2.24, 2.45) is 5.92 Å². The number of hydrogen-bond acceptors (Lipinski definition) is 4. The summed E-state index contributed by atoms with van der Waals surface area (Å²) in [6, 6.07) is 9.57. The number of aliphatic hydroxyl groups excluding tert-OH is 1. The molecule has 0 radical (unpaired) electrons. The fraction of sp³-hybridized carbons (Fsp3) is 0.579. The molecule has 2 aliphatic rings. The van der Waals surface area contributed by atoms with E-state index < -0.39 is 0 Å². The van der Waals surface area contributed by atoms with Gasteiger partial charge in [0.25, 0.3) is 5.91 Å². The maximum Gasteiger partial charge on any atom is 0.251 e. The Morgan fingerprint density at radius 1 is 1.16 bits per heavy atom. The van der Waals surface area contributed by atoms with Crippen LogP contribution < -0.4 is 5.32 Å². The first-order chi connectivity index (χ1) is 12.1. The lowest BCUT2D eigenvalue weighted by atomic mass is 10.0. The SMILES string of the molecule is CC(=O)N1CCC(N2C[C@@H](CO)[C@H](NC(=O)c3ccccc3)C2)CC1. The molecule has 1 aromatic rings. The summed E-state index contributed by atoms with van der Waals surface area (Å²) in [5, 5.41) is 12.8. The molecule has 2 saturated heterocycles. The predicted molar refractivity (Wildman–Crippen MR) is 95.1 cm³/mol. The van der Waals surface area contributed by atoms with Crippen LogP contribution in [0.25, 0.3) is 0 Å². The minimum atomic E-state index is -0.0858. The molecule has 2 heterocycles. The molecule has 0 saturated carbocycles. The number of amides is 2. The maximum atomic E-state index is 12.4. The average molecular weight is 345 g/mol. The number of rotatable bonds is 4. The highest BCUT2D eigenvalue weighted by Crippen LogP contribution is 2.25. The van der Waals surface area contributed by atoms with Gasteiger partial charge < -0.3 is 15.3 Å². The van der Waals surface area contributed by atoms with Crippen molar-refractivity contribution in [3.05, 3.63) is 35.9 Å². The quantitative estimate of drug-likeness (QED) is 0.843. The van der Waals surface area contributed by atoms with Gasteiger partial charge >= 0.3 is 0 Å². The lowest BCUT2D eigenvalue weighted by Gasteiger charge is -2.36. The molecule has 0 unspecified atom stereocenters. The summed E-state index contributed by atoms with van der Waals surface area (Å²) in [6.07, 6.45) is 1.91. The van der Waals surface area contributed by atoms with Crippen molar-refractivity contribution in [2.45, 2.75) is 31.8 Å². The highest BCUT2D eigenvalue weighted by atomic mass is 16.3. The van der Waals surface area contributed by atoms with E-state index in [-0.39, 0.29) is 30.4 Å². The molecule has 2 atom stereocenters. The first-order valence-electron chi connectivity index (χ1n) is 9.05. The van der Waals surface area contributed by atoms with Gasteiger partial charge in [-0.05, 0) is 25.0 Å². The summed E-state index contributed by atoms with van der Waals surface area (Å²) in [4.78, 5) is 28.1. The number of carbonyl (C=O) groups is 2. The third-order valence-corrected chi connectivity index (χ3v) is 5.48.